The SMILES string of the molecule is CCC(=O)On1ccccc1=S. The highest BCUT2D eigenvalue weighted by molar-refractivity contribution is 7.71. The number of pyridine rings is 1. The molecule has 1 rings (SSSR count). The summed E-state index contributed by atoms with van der Waals surface area (Å²) in [5, 5.41) is 0. The normalized spacial score (nSPS) is 9.42. The summed E-state index contributed by atoms with van der Waals surface area (Å²) in [7, 11) is 0. The highest BCUT2D eigenvalue weighted by Crippen LogP contribution is 1.91. The zero-order valence-corrected chi connectivity index (χ0v) is 7.50. The van der Waals surface area contributed by atoms with Crippen molar-refractivity contribution >= 4 is 18.2 Å². The average molecular weight is 183 g/mol. The van der Waals surface area contributed by atoms with Crippen molar-refractivity contribution in [2.24, 2.45) is 0 Å². The third-order valence-electron chi connectivity index (χ3n) is 1.28. The van der Waals surface area contributed by atoms with Crippen LogP contribution in [-0.2, 0) is 4.79 Å². The van der Waals surface area contributed by atoms with Crippen molar-refractivity contribution in [3.8, 4) is 0 Å². The van der Waals surface area contributed by atoms with Gasteiger partial charge in [-0.2, -0.15) is 4.73 Å². The van der Waals surface area contributed by atoms with Gasteiger partial charge in [-0.15, -0.1) is 0 Å². The van der Waals surface area contributed by atoms with Gasteiger partial charge >= 0.3 is 5.97 Å². The van der Waals surface area contributed by atoms with Crippen LogP contribution < -0.4 is 4.84 Å². The molecule has 64 valence electrons. The van der Waals surface area contributed by atoms with Gasteiger partial charge in [0.15, 0.2) is 0 Å². The Bertz CT molecular complexity index is 332. The van der Waals surface area contributed by atoms with E-state index in [1.807, 2.05) is 0 Å². The maximum atomic E-state index is 10.8. The molecule has 0 unspecified atom stereocenters. The number of rotatable bonds is 2. The minimum absolute atomic E-state index is 0.294. The summed E-state index contributed by atoms with van der Waals surface area (Å²) in [5.74, 6) is -0.294. The number of hydrogen-bond donors (Lipinski definition) is 0. The van der Waals surface area contributed by atoms with Crippen LogP contribution in [0.1, 0.15) is 13.3 Å². The van der Waals surface area contributed by atoms with Crippen LogP contribution in [0.4, 0.5) is 0 Å². The highest BCUT2D eigenvalue weighted by atomic mass is 32.1. The molecule has 0 saturated carbocycles. The molecule has 1 heterocycles. The zero-order valence-electron chi connectivity index (χ0n) is 6.69. The van der Waals surface area contributed by atoms with Gasteiger partial charge in [-0.25, -0.2) is 4.79 Å². The molecule has 0 radical (unpaired) electrons. The Labute approximate surface area is 75.5 Å². The second kappa shape index (κ2) is 4.01. The molecule has 4 heteroatoms. The van der Waals surface area contributed by atoms with Crippen molar-refractivity contribution in [2.45, 2.75) is 13.3 Å². The van der Waals surface area contributed by atoms with E-state index in [1.54, 1.807) is 31.3 Å². The van der Waals surface area contributed by atoms with Crippen molar-refractivity contribution in [1.82, 2.24) is 4.73 Å². The number of hydrogen-bond acceptors (Lipinski definition) is 3. The minimum Gasteiger partial charge on any atom is -0.336 e. The predicted octanol–water partition coefficient (Wildman–Crippen LogP) is 1.58. The third-order valence-corrected chi connectivity index (χ3v) is 1.59. The molecule has 0 aromatic carbocycles. The van der Waals surface area contributed by atoms with E-state index in [9.17, 15) is 4.79 Å². The van der Waals surface area contributed by atoms with Crippen LogP contribution >= 0.6 is 12.2 Å². The molecule has 0 aliphatic heterocycles. The maximum Gasteiger partial charge on any atom is 0.332 e. The van der Waals surface area contributed by atoms with Crippen LogP contribution in [0.2, 0.25) is 0 Å². The Kier molecular flexibility index (Phi) is 2.99. The number of carbonyl (C=O) groups excluding carboxylic acids is 1. The first-order valence-corrected chi connectivity index (χ1v) is 4.03. The van der Waals surface area contributed by atoms with Crippen LogP contribution in [0.5, 0.6) is 0 Å². The van der Waals surface area contributed by atoms with Gasteiger partial charge in [-0.1, -0.05) is 25.2 Å². The molecule has 0 atom stereocenters. The Morgan fingerprint density at radius 2 is 2.42 bits per heavy atom. The fraction of sp³-hybridized carbons (Fsp3) is 0.250. The molecule has 0 amide bonds. The van der Waals surface area contributed by atoms with Crippen molar-refractivity contribution in [1.29, 1.82) is 0 Å². The van der Waals surface area contributed by atoms with E-state index in [0.29, 0.717) is 11.1 Å². The molecule has 0 bridgehead atoms. The van der Waals surface area contributed by atoms with Crippen LogP contribution in [-0.4, -0.2) is 10.7 Å². The lowest BCUT2D eigenvalue weighted by molar-refractivity contribution is -0.144. The topological polar surface area (TPSA) is 31.2 Å². The third kappa shape index (κ3) is 2.17. The fourth-order valence-corrected chi connectivity index (χ4v) is 0.839. The van der Waals surface area contributed by atoms with Gasteiger partial charge in [-0.3, -0.25) is 0 Å². The first-order chi connectivity index (χ1) is 5.74. The molecule has 12 heavy (non-hydrogen) atoms. The smallest absolute Gasteiger partial charge is 0.332 e. The summed E-state index contributed by atoms with van der Waals surface area (Å²) in [6.07, 6.45) is 1.95. The van der Waals surface area contributed by atoms with Crippen molar-refractivity contribution in [2.75, 3.05) is 0 Å². The Balaban J connectivity index is 2.83. The lowest BCUT2D eigenvalue weighted by Crippen LogP contribution is -2.18. The van der Waals surface area contributed by atoms with E-state index in [2.05, 4.69) is 0 Å². The van der Waals surface area contributed by atoms with E-state index >= 15 is 0 Å². The summed E-state index contributed by atoms with van der Waals surface area (Å²) in [6.45, 7) is 1.73. The van der Waals surface area contributed by atoms with E-state index in [4.69, 9.17) is 17.1 Å². The largest absolute Gasteiger partial charge is 0.336 e. The van der Waals surface area contributed by atoms with Crippen LogP contribution in [0, 0.1) is 4.64 Å². The number of nitrogens with zero attached hydrogens (tertiary/aromatic N) is 1. The molecule has 0 N–H and O–H groups in total. The molecule has 0 spiro atoms. The van der Waals surface area contributed by atoms with Crippen LogP contribution in [0.15, 0.2) is 24.4 Å². The first-order valence-electron chi connectivity index (χ1n) is 3.63. The van der Waals surface area contributed by atoms with E-state index in [-0.39, 0.29) is 5.97 Å². The van der Waals surface area contributed by atoms with E-state index < -0.39 is 0 Å². The average Bonchev–Trinajstić information content (AvgIpc) is 2.09. The van der Waals surface area contributed by atoms with Crippen LogP contribution in [0.25, 0.3) is 0 Å². The maximum absolute atomic E-state index is 10.8. The Hall–Kier alpha value is -1.16. The second-order valence-electron chi connectivity index (χ2n) is 2.18. The van der Waals surface area contributed by atoms with Gasteiger partial charge in [0, 0.05) is 12.6 Å². The number of aromatic nitrogens is 1. The van der Waals surface area contributed by atoms with Gasteiger partial charge in [0.2, 0.25) is 0 Å². The standard InChI is InChI=1S/C8H9NO2S/c1-2-8(10)11-9-6-4-3-5-7(9)12/h3-6H,2H2,1H3. The van der Waals surface area contributed by atoms with Crippen molar-refractivity contribution < 1.29 is 9.63 Å². The quantitative estimate of drug-likeness (QED) is 0.652. The summed E-state index contributed by atoms with van der Waals surface area (Å²) in [4.78, 5) is 15.7. The molecule has 0 saturated heterocycles. The van der Waals surface area contributed by atoms with Crippen molar-refractivity contribution in [3.63, 3.8) is 0 Å². The summed E-state index contributed by atoms with van der Waals surface area (Å²) < 4.78 is 1.76. The molecule has 3 nitrogen and oxygen atoms in total. The van der Waals surface area contributed by atoms with Gasteiger partial charge in [-0.05, 0) is 12.1 Å². The molecular weight excluding hydrogens is 174 g/mol. The van der Waals surface area contributed by atoms with Gasteiger partial charge in [0.1, 0.15) is 4.64 Å². The van der Waals surface area contributed by atoms with Crippen LogP contribution in [0.3, 0.4) is 0 Å². The lowest BCUT2D eigenvalue weighted by Gasteiger charge is -2.04. The minimum atomic E-state index is -0.294. The summed E-state index contributed by atoms with van der Waals surface area (Å²) in [5.41, 5.74) is 0. The lowest BCUT2D eigenvalue weighted by atomic mass is 10.5. The molecule has 0 aliphatic carbocycles. The highest BCUT2D eigenvalue weighted by Gasteiger charge is 1.98. The molecule has 0 aliphatic rings. The van der Waals surface area contributed by atoms with Crippen molar-refractivity contribution in [3.05, 3.63) is 29.0 Å². The van der Waals surface area contributed by atoms with Gasteiger partial charge in [0.25, 0.3) is 0 Å². The summed E-state index contributed by atoms with van der Waals surface area (Å²) >= 11 is 4.90. The second-order valence-corrected chi connectivity index (χ2v) is 2.60. The fourth-order valence-electron chi connectivity index (χ4n) is 0.662. The molecule has 1 aromatic heterocycles. The van der Waals surface area contributed by atoms with E-state index in [1.165, 1.54) is 4.73 Å². The monoisotopic (exact) mass is 183 g/mol. The predicted molar refractivity (Wildman–Crippen MR) is 47.1 cm³/mol. The Morgan fingerprint density at radius 3 is 3.00 bits per heavy atom. The number of carbonyl (C=O) groups is 1. The van der Waals surface area contributed by atoms with E-state index in [0.717, 1.165) is 0 Å². The Morgan fingerprint density at radius 1 is 1.67 bits per heavy atom. The molecule has 0 fully saturated rings. The summed E-state index contributed by atoms with van der Waals surface area (Å²) in [6, 6.07) is 5.23. The van der Waals surface area contributed by atoms with Gasteiger partial charge < -0.3 is 4.84 Å². The molecule has 1 aromatic rings. The van der Waals surface area contributed by atoms with Gasteiger partial charge in [0.05, 0.1) is 0 Å². The zero-order chi connectivity index (χ0) is 8.97. The molecular formula is C8H9NO2S. The first kappa shape index (κ1) is 8.93.